The molecule has 1 amide bonds. The minimum atomic E-state index is 0. The van der Waals surface area contributed by atoms with Gasteiger partial charge < -0.3 is 14.7 Å². The second-order valence-corrected chi connectivity index (χ2v) is 8.85. The Balaban J connectivity index is 0.00000196. The zero-order valence-corrected chi connectivity index (χ0v) is 17.2. The van der Waals surface area contributed by atoms with E-state index >= 15 is 0 Å². The highest BCUT2D eigenvalue weighted by Gasteiger charge is 2.36. The lowest BCUT2D eigenvalue weighted by Gasteiger charge is -2.35. The third kappa shape index (κ3) is 4.44. The van der Waals surface area contributed by atoms with Gasteiger partial charge in [0, 0.05) is 37.0 Å². The maximum Gasteiger partial charge on any atom is 0.232 e. The predicted octanol–water partition coefficient (Wildman–Crippen LogP) is 3.80. The lowest BCUT2D eigenvalue weighted by molar-refractivity contribution is -0.129. The molecule has 2 saturated heterocycles. The number of halogens is 1. The number of nitrogens with one attached hydrogen (secondary N) is 1. The zero-order valence-electron chi connectivity index (χ0n) is 14.7. The van der Waals surface area contributed by atoms with Crippen molar-refractivity contribution in [3.8, 4) is 10.6 Å². The van der Waals surface area contributed by atoms with Gasteiger partial charge in [-0.3, -0.25) is 4.79 Å². The van der Waals surface area contributed by atoms with Gasteiger partial charge in [0.1, 0.15) is 0 Å². The van der Waals surface area contributed by atoms with Crippen LogP contribution in [0.15, 0.2) is 28.1 Å². The highest BCUT2D eigenvalue weighted by Crippen LogP contribution is 2.30. The van der Waals surface area contributed by atoms with Crippen LogP contribution in [0.5, 0.6) is 0 Å². The molecule has 142 valence electrons. The molecule has 0 aromatic carbocycles. The molecule has 4 heterocycles. The fourth-order valence-corrected chi connectivity index (χ4v) is 5.31. The number of fused-ring (bicyclic) bond motifs is 2. The monoisotopic (exact) mass is 413 g/mol. The fraction of sp³-hybridized carbons (Fsp3) is 0.556. The van der Waals surface area contributed by atoms with Gasteiger partial charge in [-0.15, -0.1) is 35.5 Å². The second kappa shape index (κ2) is 8.78. The van der Waals surface area contributed by atoms with E-state index in [0.717, 1.165) is 29.2 Å². The maximum absolute atomic E-state index is 12.5. The quantitative estimate of drug-likeness (QED) is 0.780. The summed E-state index contributed by atoms with van der Waals surface area (Å²) in [5, 5.41) is 9.76. The van der Waals surface area contributed by atoms with Crippen molar-refractivity contribution in [2.75, 3.05) is 12.8 Å². The average molecular weight is 414 g/mol. The molecule has 2 unspecified atom stereocenters. The summed E-state index contributed by atoms with van der Waals surface area (Å²) in [6.45, 7) is 0. The van der Waals surface area contributed by atoms with Crippen molar-refractivity contribution >= 4 is 41.4 Å². The molecule has 2 aliphatic heterocycles. The first-order valence-corrected chi connectivity index (χ1v) is 10.8. The Morgan fingerprint density at radius 1 is 1.42 bits per heavy atom. The number of aromatic nitrogens is 1. The molecule has 2 atom stereocenters. The van der Waals surface area contributed by atoms with Crippen molar-refractivity contribution in [1.29, 1.82) is 0 Å². The number of hydrogen-bond acceptors (Lipinski definition) is 6. The number of thioether (sulfide) groups is 1. The molecule has 2 aliphatic rings. The largest absolute Gasteiger partial charge is 0.355 e. The summed E-state index contributed by atoms with van der Waals surface area (Å²) in [6.07, 6.45) is 4.71. The molecule has 2 bridgehead atoms. The lowest BCUT2D eigenvalue weighted by Crippen LogP contribution is -2.49. The van der Waals surface area contributed by atoms with E-state index in [-0.39, 0.29) is 18.3 Å². The van der Waals surface area contributed by atoms with Crippen LogP contribution in [0.3, 0.4) is 0 Å². The minimum absolute atomic E-state index is 0. The van der Waals surface area contributed by atoms with Crippen molar-refractivity contribution in [3.63, 3.8) is 0 Å². The van der Waals surface area contributed by atoms with E-state index in [4.69, 9.17) is 4.52 Å². The van der Waals surface area contributed by atoms with Crippen LogP contribution in [0.4, 0.5) is 0 Å². The number of hydrogen-bond donors (Lipinski definition) is 1. The van der Waals surface area contributed by atoms with E-state index in [9.17, 15) is 4.79 Å². The van der Waals surface area contributed by atoms with E-state index in [1.165, 1.54) is 12.8 Å². The van der Waals surface area contributed by atoms with Crippen LogP contribution in [0.1, 0.15) is 31.4 Å². The molecule has 0 saturated carbocycles. The Hall–Kier alpha value is -1.02. The number of carbonyl (C=O) groups excluding carboxylic acids is 1. The fourth-order valence-electron chi connectivity index (χ4n) is 3.81. The number of carbonyl (C=O) groups is 1. The standard InChI is InChI=1S/C18H23N3O2S2.ClH/c1-21(15-7-12-4-5-13(8-15)19-12)18(22)11-24-10-14-9-16(23-20-14)17-3-2-6-25-17;/h2-3,6,9,12-13,15,19H,4-5,7-8,10-11H2,1H3;1H. The lowest BCUT2D eigenvalue weighted by atomic mass is 9.98. The van der Waals surface area contributed by atoms with Gasteiger partial charge in [0.15, 0.2) is 5.76 Å². The van der Waals surface area contributed by atoms with Crippen molar-refractivity contribution in [2.24, 2.45) is 0 Å². The third-order valence-electron chi connectivity index (χ3n) is 5.19. The van der Waals surface area contributed by atoms with E-state index in [0.29, 0.717) is 29.6 Å². The van der Waals surface area contributed by atoms with Crippen LogP contribution < -0.4 is 5.32 Å². The Morgan fingerprint density at radius 3 is 2.88 bits per heavy atom. The second-order valence-electron chi connectivity index (χ2n) is 6.92. The van der Waals surface area contributed by atoms with Crippen LogP contribution in [0.25, 0.3) is 10.6 Å². The van der Waals surface area contributed by atoms with Crippen LogP contribution in [-0.2, 0) is 10.5 Å². The summed E-state index contributed by atoms with van der Waals surface area (Å²) in [5.74, 6) is 2.22. The first kappa shape index (κ1) is 19.7. The Labute approximate surface area is 168 Å². The Morgan fingerprint density at radius 2 is 2.19 bits per heavy atom. The van der Waals surface area contributed by atoms with E-state index in [1.54, 1.807) is 23.1 Å². The van der Waals surface area contributed by atoms with Gasteiger partial charge in [-0.2, -0.15) is 0 Å². The normalized spacial score (nSPS) is 24.3. The molecule has 1 N–H and O–H groups in total. The Kier molecular flexibility index (Phi) is 6.66. The SMILES string of the molecule is CN(C(=O)CSCc1cc(-c2cccs2)on1)C1CC2CCC(C1)N2.Cl. The van der Waals surface area contributed by atoms with Crippen LogP contribution >= 0.6 is 35.5 Å². The predicted molar refractivity (Wildman–Crippen MR) is 109 cm³/mol. The topological polar surface area (TPSA) is 58.4 Å². The first-order chi connectivity index (χ1) is 12.2. The highest BCUT2D eigenvalue weighted by atomic mass is 35.5. The highest BCUT2D eigenvalue weighted by molar-refractivity contribution is 7.99. The first-order valence-electron chi connectivity index (χ1n) is 8.78. The van der Waals surface area contributed by atoms with Gasteiger partial charge in [-0.25, -0.2) is 0 Å². The molecule has 0 radical (unpaired) electrons. The molecule has 8 heteroatoms. The summed E-state index contributed by atoms with van der Waals surface area (Å²) in [4.78, 5) is 15.6. The van der Waals surface area contributed by atoms with E-state index in [1.807, 2.05) is 35.5 Å². The molecule has 2 aromatic heterocycles. The number of nitrogens with zero attached hydrogens (tertiary/aromatic N) is 2. The number of rotatable bonds is 6. The third-order valence-corrected chi connectivity index (χ3v) is 7.02. The molecule has 0 aliphatic carbocycles. The van der Waals surface area contributed by atoms with Gasteiger partial charge in [0.05, 0.1) is 16.3 Å². The van der Waals surface area contributed by atoms with Crippen LogP contribution in [0, 0.1) is 0 Å². The van der Waals surface area contributed by atoms with Crippen molar-refractivity contribution in [3.05, 3.63) is 29.3 Å². The molecule has 4 rings (SSSR count). The molecule has 0 spiro atoms. The van der Waals surface area contributed by atoms with Crippen LogP contribution in [-0.4, -0.2) is 46.9 Å². The van der Waals surface area contributed by atoms with Gasteiger partial charge in [-0.05, 0) is 37.1 Å². The van der Waals surface area contributed by atoms with Crippen molar-refractivity contribution in [2.45, 2.75) is 49.6 Å². The summed E-state index contributed by atoms with van der Waals surface area (Å²) in [7, 11) is 1.96. The average Bonchev–Trinajstić information content (AvgIpc) is 3.35. The van der Waals surface area contributed by atoms with E-state index < -0.39 is 0 Å². The van der Waals surface area contributed by atoms with Gasteiger partial charge in [0.2, 0.25) is 5.91 Å². The Bertz CT molecular complexity index is 710. The molecule has 5 nitrogen and oxygen atoms in total. The number of amides is 1. The van der Waals surface area contributed by atoms with Crippen molar-refractivity contribution < 1.29 is 9.32 Å². The zero-order chi connectivity index (χ0) is 17.2. The van der Waals surface area contributed by atoms with Crippen LogP contribution in [0.2, 0.25) is 0 Å². The van der Waals surface area contributed by atoms with Crippen molar-refractivity contribution in [1.82, 2.24) is 15.4 Å². The van der Waals surface area contributed by atoms with Gasteiger partial charge in [0.25, 0.3) is 0 Å². The summed E-state index contributed by atoms with van der Waals surface area (Å²) < 4.78 is 5.38. The molecular weight excluding hydrogens is 390 g/mol. The summed E-state index contributed by atoms with van der Waals surface area (Å²) in [6, 6.07) is 7.60. The number of piperidine rings is 1. The van der Waals surface area contributed by atoms with Gasteiger partial charge in [-0.1, -0.05) is 11.2 Å². The molecular formula is C18H24ClN3O2S2. The minimum Gasteiger partial charge on any atom is -0.355 e. The molecule has 2 fully saturated rings. The maximum atomic E-state index is 12.5. The summed E-state index contributed by atoms with van der Waals surface area (Å²) in [5.41, 5.74) is 0.892. The summed E-state index contributed by atoms with van der Waals surface area (Å²) >= 11 is 3.25. The molecule has 2 aromatic rings. The molecule has 26 heavy (non-hydrogen) atoms. The van der Waals surface area contributed by atoms with E-state index in [2.05, 4.69) is 10.5 Å². The number of thiophene rings is 1. The smallest absolute Gasteiger partial charge is 0.232 e. The van der Waals surface area contributed by atoms with Gasteiger partial charge >= 0.3 is 0 Å².